The summed E-state index contributed by atoms with van der Waals surface area (Å²) in [6.07, 6.45) is 5.55. The number of nitrogens with zero attached hydrogens (tertiary/aromatic N) is 1. The van der Waals surface area contributed by atoms with E-state index in [1.165, 1.54) is 51.9 Å². The third kappa shape index (κ3) is 3.18. The molecule has 0 amide bonds. The smallest absolute Gasteiger partial charge is 0.0197 e. The molecular weight excluding hydrogens is 184 g/mol. The van der Waals surface area contributed by atoms with Gasteiger partial charge in [0.05, 0.1) is 0 Å². The van der Waals surface area contributed by atoms with E-state index in [4.69, 9.17) is 0 Å². The first kappa shape index (κ1) is 11.4. The van der Waals surface area contributed by atoms with Crippen LogP contribution in [0.3, 0.4) is 0 Å². The van der Waals surface area contributed by atoms with Crippen LogP contribution in [-0.2, 0) is 0 Å². The Balaban J connectivity index is 1.72. The zero-order valence-corrected chi connectivity index (χ0v) is 10.3. The lowest BCUT2D eigenvalue weighted by molar-refractivity contribution is 0.230. The summed E-state index contributed by atoms with van der Waals surface area (Å²) >= 11 is 0. The van der Waals surface area contributed by atoms with Gasteiger partial charge in [0.15, 0.2) is 0 Å². The van der Waals surface area contributed by atoms with Crippen molar-refractivity contribution in [3.63, 3.8) is 0 Å². The molecule has 0 aromatic rings. The predicted octanol–water partition coefficient (Wildman–Crippen LogP) is 2.11. The third-order valence-electron chi connectivity index (χ3n) is 4.18. The highest BCUT2D eigenvalue weighted by Crippen LogP contribution is 2.21. The molecule has 3 atom stereocenters. The summed E-state index contributed by atoms with van der Waals surface area (Å²) in [6.45, 7) is 9.94. The van der Waals surface area contributed by atoms with Crippen LogP contribution < -0.4 is 5.32 Å². The van der Waals surface area contributed by atoms with E-state index in [1.54, 1.807) is 0 Å². The van der Waals surface area contributed by atoms with Crippen molar-refractivity contribution < 1.29 is 0 Å². The highest BCUT2D eigenvalue weighted by Gasteiger charge is 2.25. The van der Waals surface area contributed by atoms with E-state index >= 15 is 0 Å². The number of likely N-dealkylation sites (tertiary alicyclic amines) is 1. The van der Waals surface area contributed by atoms with Crippen molar-refractivity contribution in [2.24, 2.45) is 11.8 Å². The molecule has 0 spiro atoms. The lowest BCUT2D eigenvalue weighted by atomic mass is 9.94. The molecule has 3 unspecified atom stereocenters. The number of piperidine rings is 1. The van der Waals surface area contributed by atoms with Crippen LogP contribution >= 0.6 is 0 Å². The van der Waals surface area contributed by atoms with Crippen LogP contribution in [0.5, 0.6) is 0 Å². The van der Waals surface area contributed by atoms with Crippen molar-refractivity contribution >= 4 is 0 Å². The van der Waals surface area contributed by atoms with Crippen molar-refractivity contribution in [2.75, 3.05) is 26.2 Å². The van der Waals surface area contributed by atoms with Crippen LogP contribution in [0.15, 0.2) is 0 Å². The molecule has 0 aromatic heterocycles. The minimum atomic E-state index is 0.768. The first-order valence-electron chi connectivity index (χ1n) is 6.73. The van der Waals surface area contributed by atoms with Gasteiger partial charge in [-0.1, -0.05) is 20.3 Å². The van der Waals surface area contributed by atoms with Crippen LogP contribution in [0.2, 0.25) is 0 Å². The van der Waals surface area contributed by atoms with E-state index in [0.29, 0.717) is 0 Å². The van der Waals surface area contributed by atoms with Crippen LogP contribution in [0.25, 0.3) is 0 Å². The average molecular weight is 210 g/mol. The molecule has 15 heavy (non-hydrogen) atoms. The third-order valence-corrected chi connectivity index (χ3v) is 4.18. The minimum Gasteiger partial charge on any atom is -0.313 e. The second kappa shape index (κ2) is 5.31. The van der Waals surface area contributed by atoms with Crippen molar-refractivity contribution in [3.05, 3.63) is 0 Å². The highest BCUT2D eigenvalue weighted by molar-refractivity contribution is 4.83. The van der Waals surface area contributed by atoms with Gasteiger partial charge in [0.25, 0.3) is 0 Å². The number of nitrogens with one attached hydrogen (secondary N) is 1. The Bertz CT molecular complexity index is 193. The summed E-state index contributed by atoms with van der Waals surface area (Å²) in [5.74, 6) is 1.91. The normalized spacial score (nSPS) is 38.4. The zero-order chi connectivity index (χ0) is 10.7. The molecule has 2 rings (SSSR count). The molecule has 2 saturated heterocycles. The predicted molar refractivity (Wildman–Crippen MR) is 65.0 cm³/mol. The summed E-state index contributed by atoms with van der Waals surface area (Å²) in [5, 5.41) is 3.67. The summed E-state index contributed by atoms with van der Waals surface area (Å²) in [6, 6.07) is 0.768. The van der Waals surface area contributed by atoms with E-state index in [0.717, 1.165) is 17.9 Å². The van der Waals surface area contributed by atoms with E-state index < -0.39 is 0 Å². The monoisotopic (exact) mass is 210 g/mol. The van der Waals surface area contributed by atoms with Crippen molar-refractivity contribution in [2.45, 2.75) is 45.6 Å². The van der Waals surface area contributed by atoms with Crippen molar-refractivity contribution in [1.29, 1.82) is 0 Å². The van der Waals surface area contributed by atoms with Gasteiger partial charge in [0, 0.05) is 19.1 Å². The first-order valence-corrected chi connectivity index (χ1v) is 6.73. The number of hydrogen-bond acceptors (Lipinski definition) is 2. The standard InChI is InChI=1S/C13H26N2/c1-3-12-5-7-15(9-12)10-13-8-11(2)4-6-14-13/h11-14H,3-10H2,1-2H3. The molecule has 2 aliphatic rings. The lowest BCUT2D eigenvalue weighted by Gasteiger charge is -2.31. The van der Waals surface area contributed by atoms with Gasteiger partial charge in [-0.3, -0.25) is 0 Å². The molecule has 2 aliphatic heterocycles. The maximum Gasteiger partial charge on any atom is 0.0197 e. The fourth-order valence-electron chi connectivity index (χ4n) is 3.08. The van der Waals surface area contributed by atoms with Gasteiger partial charge in [-0.2, -0.15) is 0 Å². The maximum absolute atomic E-state index is 3.67. The fourth-order valence-corrected chi connectivity index (χ4v) is 3.08. The van der Waals surface area contributed by atoms with Gasteiger partial charge in [0.1, 0.15) is 0 Å². The van der Waals surface area contributed by atoms with Gasteiger partial charge in [0.2, 0.25) is 0 Å². The van der Waals surface area contributed by atoms with E-state index in [-0.39, 0.29) is 0 Å². The molecule has 0 aromatic carbocycles. The largest absolute Gasteiger partial charge is 0.313 e. The summed E-state index contributed by atoms with van der Waals surface area (Å²) in [4.78, 5) is 2.67. The summed E-state index contributed by atoms with van der Waals surface area (Å²) in [5.41, 5.74) is 0. The minimum absolute atomic E-state index is 0.768. The second-order valence-corrected chi connectivity index (χ2v) is 5.60. The molecule has 2 fully saturated rings. The molecule has 88 valence electrons. The average Bonchev–Trinajstić information content (AvgIpc) is 2.65. The Morgan fingerprint density at radius 2 is 2.20 bits per heavy atom. The Kier molecular flexibility index (Phi) is 4.04. The van der Waals surface area contributed by atoms with E-state index in [1.807, 2.05) is 0 Å². The Morgan fingerprint density at radius 1 is 1.33 bits per heavy atom. The van der Waals surface area contributed by atoms with Gasteiger partial charge in [-0.15, -0.1) is 0 Å². The SMILES string of the molecule is CCC1CCN(CC2CC(C)CCN2)C1. The maximum atomic E-state index is 3.67. The van der Waals surface area contributed by atoms with Crippen LogP contribution in [0.1, 0.15) is 39.5 Å². The molecule has 0 bridgehead atoms. The zero-order valence-electron chi connectivity index (χ0n) is 10.3. The number of rotatable bonds is 3. The molecule has 0 aliphatic carbocycles. The highest BCUT2D eigenvalue weighted by atomic mass is 15.2. The molecule has 2 nitrogen and oxygen atoms in total. The lowest BCUT2D eigenvalue weighted by Crippen LogP contribution is -2.45. The Labute approximate surface area is 94.4 Å². The molecule has 0 radical (unpaired) electrons. The van der Waals surface area contributed by atoms with Crippen LogP contribution in [0, 0.1) is 11.8 Å². The molecule has 2 heteroatoms. The van der Waals surface area contributed by atoms with Crippen LogP contribution in [0.4, 0.5) is 0 Å². The summed E-state index contributed by atoms with van der Waals surface area (Å²) in [7, 11) is 0. The first-order chi connectivity index (χ1) is 7.28. The van der Waals surface area contributed by atoms with Crippen molar-refractivity contribution in [3.8, 4) is 0 Å². The van der Waals surface area contributed by atoms with Gasteiger partial charge in [-0.25, -0.2) is 0 Å². The van der Waals surface area contributed by atoms with E-state index in [9.17, 15) is 0 Å². The molecule has 1 N–H and O–H groups in total. The molecule has 0 saturated carbocycles. The van der Waals surface area contributed by atoms with Crippen molar-refractivity contribution in [1.82, 2.24) is 10.2 Å². The molecular formula is C13H26N2. The molecule has 2 heterocycles. The quantitative estimate of drug-likeness (QED) is 0.767. The van der Waals surface area contributed by atoms with Crippen LogP contribution in [-0.4, -0.2) is 37.1 Å². The Morgan fingerprint density at radius 3 is 2.87 bits per heavy atom. The Hall–Kier alpha value is -0.0800. The fraction of sp³-hybridized carbons (Fsp3) is 1.00. The summed E-state index contributed by atoms with van der Waals surface area (Å²) < 4.78 is 0. The van der Waals surface area contributed by atoms with Gasteiger partial charge in [-0.05, 0) is 44.2 Å². The van der Waals surface area contributed by atoms with Gasteiger partial charge >= 0.3 is 0 Å². The van der Waals surface area contributed by atoms with Gasteiger partial charge < -0.3 is 10.2 Å². The van der Waals surface area contributed by atoms with E-state index in [2.05, 4.69) is 24.1 Å². The topological polar surface area (TPSA) is 15.3 Å². The second-order valence-electron chi connectivity index (χ2n) is 5.60. The number of hydrogen-bond donors (Lipinski definition) is 1.